The molecule has 0 radical (unpaired) electrons. The molecule has 5 nitrogen and oxygen atoms in total. The minimum atomic E-state index is -0.408. The van der Waals surface area contributed by atoms with E-state index in [1.54, 1.807) is 11.8 Å². The number of aromatic nitrogens is 3. The maximum Gasteiger partial charge on any atom is 0.227 e. The van der Waals surface area contributed by atoms with E-state index in [2.05, 4.69) is 55.0 Å². The van der Waals surface area contributed by atoms with Gasteiger partial charge in [-0.2, -0.15) is 0 Å². The molecule has 7 heteroatoms. The van der Waals surface area contributed by atoms with E-state index in [0.29, 0.717) is 12.4 Å². The number of ether oxygens (including phenoxy) is 2. The minimum Gasteiger partial charge on any atom is -0.460 e. The van der Waals surface area contributed by atoms with Crippen LogP contribution in [0.2, 0.25) is 0 Å². The molecule has 0 N–H and O–H groups in total. The molecule has 1 aromatic heterocycles. The van der Waals surface area contributed by atoms with Gasteiger partial charge in [-0.3, -0.25) is 4.57 Å². The average molecular weight is 494 g/mol. The van der Waals surface area contributed by atoms with Gasteiger partial charge in [0.2, 0.25) is 6.29 Å². The van der Waals surface area contributed by atoms with Gasteiger partial charge in [0.25, 0.3) is 0 Å². The summed E-state index contributed by atoms with van der Waals surface area (Å²) in [5.74, 6) is 2.45. The second kappa shape index (κ2) is 8.86. The molecule has 0 aliphatic carbocycles. The summed E-state index contributed by atoms with van der Waals surface area (Å²) in [6, 6.07) is 24.4. The Morgan fingerprint density at radius 3 is 2.55 bits per heavy atom. The van der Waals surface area contributed by atoms with E-state index in [-0.39, 0.29) is 0 Å². The van der Waals surface area contributed by atoms with E-state index in [9.17, 15) is 0 Å². The Morgan fingerprint density at radius 2 is 1.77 bits per heavy atom. The number of aryl methyl sites for hydroxylation is 1. The maximum absolute atomic E-state index is 6.31. The zero-order valence-corrected chi connectivity index (χ0v) is 19.3. The first-order valence-corrected chi connectivity index (χ1v) is 11.7. The van der Waals surface area contributed by atoms with E-state index in [1.807, 2.05) is 55.5 Å². The molecule has 1 unspecified atom stereocenters. The van der Waals surface area contributed by atoms with E-state index in [0.717, 1.165) is 43.6 Å². The molecule has 0 amide bonds. The number of nitrogens with zero attached hydrogens (tertiary/aromatic N) is 3. The lowest BCUT2D eigenvalue weighted by Gasteiger charge is -2.28. The molecule has 156 valence electrons. The normalized spacial score (nSPS) is 15.4. The Balaban J connectivity index is 1.42. The fourth-order valence-electron chi connectivity index (χ4n) is 3.61. The molecule has 0 saturated carbocycles. The first-order chi connectivity index (χ1) is 15.2. The van der Waals surface area contributed by atoms with Crippen molar-refractivity contribution < 1.29 is 9.47 Å². The van der Waals surface area contributed by atoms with E-state index < -0.39 is 6.29 Å². The molecule has 2 heterocycles. The molecule has 1 atom stereocenters. The zero-order valence-electron chi connectivity index (χ0n) is 16.9. The van der Waals surface area contributed by atoms with Crippen LogP contribution in [0.1, 0.15) is 28.8 Å². The Hall–Kier alpha value is -2.61. The number of thioether (sulfide) groups is 1. The van der Waals surface area contributed by atoms with E-state index in [4.69, 9.17) is 9.47 Å². The van der Waals surface area contributed by atoms with Crippen LogP contribution in [0.25, 0.3) is 5.69 Å². The number of halogens is 1. The Bertz CT molecular complexity index is 1200. The molecule has 0 bridgehead atoms. The highest BCUT2D eigenvalue weighted by molar-refractivity contribution is 9.10. The number of para-hydroxylation sites is 1. The van der Waals surface area contributed by atoms with Crippen molar-refractivity contribution in [3.63, 3.8) is 0 Å². The van der Waals surface area contributed by atoms with Crippen LogP contribution in [-0.4, -0.2) is 14.8 Å². The fraction of sp³-hybridized carbons (Fsp3) is 0.167. The third-order valence-corrected chi connectivity index (χ3v) is 6.50. The predicted molar refractivity (Wildman–Crippen MR) is 124 cm³/mol. The lowest BCUT2D eigenvalue weighted by atomic mass is 10.1. The van der Waals surface area contributed by atoms with Crippen molar-refractivity contribution in [2.24, 2.45) is 0 Å². The van der Waals surface area contributed by atoms with Crippen LogP contribution in [0, 0.1) is 6.92 Å². The summed E-state index contributed by atoms with van der Waals surface area (Å²) in [5.41, 5.74) is 4.20. The van der Waals surface area contributed by atoms with Crippen LogP contribution in [0.15, 0.2) is 82.4 Å². The molecule has 5 rings (SSSR count). The van der Waals surface area contributed by atoms with Gasteiger partial charge < -0.3 is 9.47 Å². The van der Waals surface area contributed by atoms with Crippen molar-refractivity contribution in [3.05, 3.63) is 99.8 Å². The largest absolute Gasteiger partial charge is 0.460 e. The van der Waals surface area contributed by atoms with Gasteiger partial charge in [0.15, 0.2) is 5.16 Å². The fourth-order valence-corrected chi connectivity index (χ4v) is 5.13. The van der Waals surface area contributed by atoms with E-state index in [1.165, 1.54) is 0 Å². The molecule has 3 aromatic carbocycles. The summed E-state index contributed by atoms with van der Waals surface area (Å²) >= 11 is 5.27. The highest BCUT2D eigenvalue weighted by atomic mass is 79.9. The monoisotopic (exact) mass is 493 g/mol. The summed E-state index contributed by atoms with van der Waals surface area (Å²) < 4.78 is 15.4. The topological polar surface area (TPSA) is 49.2 Å². The van der Waals surface area contributed by atoms with Crippen molar-refractivity contribution in [2.75, 3.05) is 0 Å². The predicted octanol–water partition coefficient (Wildman–Crippen LogP) is 6.24. The minimum absolute atomic E-state index is 0.408. The smallest absolute Gasteiger partial charge is 0.227 e. The van der Waals surface area contributed by atoms with Crippen molar-refractivity contribution in [3.8, 4) is 11.4 Å². The zero-order chi connectivity index (χ0) is 21.2. The molecule has 31 heavy (non-hydrogen) atoms. The first kappa shape index (κ1) is 20.3. The quantitative estimate of drug-likeness (QED) is 0.308. The summed E-state index contributed by atoms with van der Waals surface area (Å²) in [6.07, 6.45) is -0.408. The summed E-state index contributed by atoms with van der Waals surface area (Å²) in [4.78, 5) is 0. The number of fused-ring (bicyclic) bond motifs is 1. The average Bonchev–Trinajstić information content (AvgIpc) is 3.18. The van der Waals surface area contributed by atoms with Gasteiger partial charge in [-0.05, 0) is 31.2 Å². The molecular formula is C24H20BrN3O2S. The van der Waals surface area contributed by atoms with Crippen LogP contribution in [0.5, 0.6) is 5.75 Å². The second-order valence-electron chi connectivity index (χ2n) is 7.21. The van der Waals surface area contributed by atoms with Crippen LogP contribution in [-0.2, 0) is 17.1 Å². The maximum atomic E-state index is 6.31. The van der Waals surface area contributed by atoms with Crippen LogP contribution >= 0.6 is 27.7 Å². The summed E-state index contributed by atoms with van der Waals surface area (Å²) in [7, 11) is 0. The van der Waals surface area contributed by atoms with Crippen molar-refractivity contribution in [1.82, 2.24) is 14.8 Å². The van der Waals surface area contributed by atoms with Gasteiger partial charge in [-0.1, -0.05) is 76.2 Å². The lowest BCUT2D eigenvalue weighted by Crippen LogP contribution is -2.19. The van der Waals surface area contributed by atoms with Crippen LogP contribution in [0.3, 0.4) is 0 Å². The molecule has 0 fully saturated rings. The highest BCUT2D eigenvalue weighted by Gasteiger charge is 2.25. The van der Waals surface area contributed by atoms with Gasteiger partial charge in [0, 0.05) is 32.6 Å². The Kier molecular flexibility index (Phi) is 5.80. The molecule has 4 aromatic rings. The van der Waals surface area contributed by atoms with Crippen LogP contribution in [0.4, 0.5) is 0 Å². The number of hydrogen-bond donors (Lipinski definition) is 0. The van der Waals surface area contributed by atoms with Crippen LogP contribution < -0.4 is 4.74 Å². The van der Waals surface area contributed by atoms with Gasteiger partial charge in [0.1, 0.15) is 11.6 Å². The van der Waals surface area contributed by atoms with Gasteiger partial charge in [-0.15, -0.1) is 10.2 Å². The van der Waals surface area contributed by atoms with Crippen molar-refractivity contribution in [2.45, 2.75) is 30.7 Å². The number of hydrogen-bond acceptors (Lipinski definition) is 5. The molecule has 1 aliphatic heterocycles. The third-order valence-electron chi connectivity index (χ3n) is 5.06. The second-order valence-corrected chi connectivity index (χ2v) is 9.07. The SMILES string of the molecule is Cc1nnc(SCc2cc(Br)cc3c2OC(c2ccccc2)OC3)n1-c1ccccc1. The van der Waals surface area contributed by atoms with Gasteiger partial charge >= 0.3 is 0 Å². The third kappa shape index (κ3) is 4.26. The Labute approximate surface area is 193 Å². The van der Waals surface area contributed by atoms with Crippen molar-refractivity contribution >= 4 is 27.7 Å². The lowest BCUT2D eigenvalue weighted by molar-refractivity contribution is -0.111. The highest BCUT2D eigenvalue weighted by Crippen LogP contribution is 2.40. The standard InChI is InChI=1S/C24H20BrN3O2S/c1-16-26-27-24(28(16)21-10-6-3-7-11-21)31-15-19-13-20(25)12-18-14-29-23(30-22(18)19)17-8-4-2-5-9-17/h2-13,23H,14-15H2,1H3. The number of benzene rings is 3. The Morgan fingerprint density at radius 1 is 1.03 bits per heavy atom. The summed E-state index contributed by atoms with van der Waals surface area (Å²) in [6.45, 7) is 2.47. The first-order valence-electron chi connectivity index (χ1n) is 9.94. The van der Waals surface area contributed by atoms with Gasteiger partial charge in [-0.25, -0.2) is 0 Å². The molecular weight excluding hydrogens is 474 g/mol. The summed E-state index contributed by atoms with van der Waals surface area (Å²) in [5, 5.41) is 9.55. The van der Waals surface area contributed by atoms with Crippen molar-refractivity contribution in [1.29, 1.82) is 0 Å². The molecule has 0 spiro atoms. The number of rotatable bonds is 5. The molecule has 1 aliphatic rings. The van der Waals surface area contributed by atoms with Gasteiger partial charge in [0.05, 0.1) is 6.61 Å². The molecule has 0 saturated heterocycles. The van der Waals surface area contributed by atoms with E-state index >= 15 is 0 Å².